The van der Waals surface area contributed by atoms with Gasteiger partial charge in [-0.3, -0.25) is 4.79 Å². The van der Waals surface area contributed by atoms with E-state index < -0.39 is 11.9 Å². The zero-order chi connectivity index (χ0) is 20.5. The summed E-state index contributed by atoms with van der Waals surface area (Å²) >= 11 is 3.64. The lowest BCUT2D eigenvalue weighted by Crippen LogP contribution is -3.12. The van der Waals surface area contributed by atoms with Crippen LogP contribution in [0.1, 0.15) is 37.7 Å². The van der Waals surface area contributed by atoms with Crippen molar-refractivity contribution in [2.24, 2.45) is 5.92 Å². The Morgan fingerprint density at radius 2 is 1.79 bits per heavy atom. The molecule has 1 aromatic carbocycles. The Hall–Kier alpha value is -1.93. The minimum absolute atomic E-state index is 0.240. The van der Waals surface area contributed by atoms with Gasteiger partial charge in [0.05, 0.1) is 19.0 Å². The SMILES string of the molecule is O=C(C1CCC[NH+](Cc2ccccc2Br)C1)N1CCCCC1.O=C([O-])C(=O)O. The third kappa shape index (κ3) is 6.91. The molecule has 8 heteroatoms. The van der Waals surface area contributed by atoms with Gasteiger partial charge in [-0.15, -0.1) is 0 Å². The number of carbonyl (C=O) groups excluding carboxylic acids is 2. The summed E-state index contributed by atoms with van der Waals surface area (Å²) in [6, 6.07) is 8.45. The van der Waals surface area contributed by atoms with Crippen LogP contribution in [0.15, 0.2) is 28.7 Å². The molecule has 154 valence electrons. The number of carboxylic acids is 2. The number of nitrogens with one attached hydrogen (secondary N) is 1. The Bertz CT molecular complexity index is 679. The van der Waals surface area contributed by atoms with Crippen LogP contribution in [0.5, 0.6) is 0 Å². The van der Waals surface area contributed by atoms with Gasteiger partial charge in [0.1, 0.15) is 6.54 Å². The molecule has 0 aliphatic carbocycles. The smallest absolute Gasteiger partial charge is 0.351 e. The van der Waals surface area contributed by atoms with Crippen molar-refractivity contribution in [2.75, 3.05) is 26.2 Å². The Kier molecular flexibility index (Phi) is 8.92. The van der Waals surface area contributed by atoms with Crippen molar-refractivity contribution in [1.82, 2.24) is 4.90 Å². The fourth-order valence-electron chi connectivity index (χ4n) is 3.81. The maximum atomic E-state index is 12.7. The maximum absolute atomic E-state index is 12.7. The average Bonchev–Trinajstić information content (AvgIpc) is 2.70. The fourth-order valence-corrected chi connectivity index (χ4v) is 4.23. The molecule has 1 aromatic rings. The highest BCUT2D eigenvalue weighted by Crippen LogP contribution is 2.18. The van der Waals surface area contributed by atoms with E-state index in [9.17, 15) is 4.79 Å². The van der Waals surface area contributed by atoms with Gasteiger partial charge < -0.3 is 24.8 Å². The van der Waals surface area contributed by atoms with E-state index in [-0.39, 0.29) is 5.92 Å². The second-order valence-electron chi connectivity index (χ2n) is 7.29. The van der Waals surface area contributed by atoms with Gasteiger partial charge in [-0.25, -0.2) is 4.79 Å². The molecule has 0 aromatic heterocycles. The third-order valence-corrected chi connectivity index (χ3v) is 5.98. The predicted molar refractivity (Wildman–Crippen MR) is 104 cm³/mol. The Morgan fingerprint density at radius 1 is 1.14 bits per heavy atom. The molecule has 2 atom stereocenters. The van der Waals surface area contributed by atoms with E-state index in [0.29, 0.717) is 5.91 Å². The normalized spacial score (nSPS) is 22.0. The molecular weight excluding hydrogens is 428 g/mol. The summed E-state index contributed by atoms with van der Waals surface area (Å²) in [7, 11) is 0. The maximum Gasteiger partial charge on any atom is 0.351 e. The summed E-state index contributed by atoms with van der Waals surface area (Å²) < 4.78 is 1.19. The number of nitrogens with zero attached hydrogens (tertiary/aromatic N) is 1. The lowest BCUT2D eigenvalue weighted by Gasteiger charge is -2.34. The molecule has 2 saturated heterocycles. The van der Waals surface area contributed by atoms with Gasteiger partial charge in [-0.05, 0) is 38.2 Å². The summed E-state index contributed by atoms with van der Waals surface area (Å²) in [5.41, 5.74) is 1.35. The highest BCUT2D eigenvalue weighted by molar-refractivity contribution is 9.10. The molecule has 7 nitrogen and oxygen atoms in total. The minimum Gasteiger partial charge on any atom is -0.539 e. The molecule has 1 amide bonds. The van der Waals surface area contributed by atoms with Gasteiger partial charge in [0.25, 0.3) is 0 Å². The summed E-state index contributed by atoms with van der Waals surface area (Å²) in [5.74, 6) is -3.35. The molecule has 0 radical (unpaired) electrons. The number of quaternary nitrogens is 1. The number of carboxylic acid groups (broad SMARTS) is 2. The first-order valence-electron chi connectivity index (χ1n) is 9.68. The Balaban J connectivity index is 0.000000409. The molecule has 2 fully saturated rings. The summed E-state index contributed by atoms with van der Waals surface area (Å²) in [5, 5.41) is 16.3. The number of piperidine rings is 2. The van der Waals surface area contributed by atoms with Crippen molar-refractivity contribution in [2.45, 2.75) is 38.6 Å². The van der Waals surface area contributed by atoms with E-state index in [1.54, 1.807) is 4.90 Å². The molecule has 2 unspecified atom stereocenters. The van der Waals surface area contributed by atoms with Crippen molar-refractivity contribution < 1.29 is 29.5 Å². The molecule has 0 saturated carbocycles. The zero-order valence-electron chi connectivity index (χ0n) is 15.9. The van der Waals surface area contributed by atoms with Gasteiger partial charge >= 0.3 is 5.97 Å². The molecular formula is C20H27BrN2O5. The number of aliphatic carboxylic acids is 2. The topological polar surface area (TPSA) is 102 Å². The summed E-state index contributed by atoms with van der Waals surface area (Å²) in [4.78, 5) is 34.4. The van der Waals surface area contributed by atoms with Gasteiger partial charge in [0.2, 0.25) is 5.91 Å². The minimum atomic E-state index is -2.07. The number of benzene rings is 1. The quantitative estimate of drug-likeness (QED) is 0.629. The van der Waals surface area contributed by atoms with Crippen molar-refractivity contribution in [1.29, 1.82) is 0 Å². The van der Waals surface area contributed by atoms with Crippen molar-refractivity contribution in [3.8, 4) is 0 Å². The lowest BCUT2D eigenvalue weighted by molar-refractivity contribution is -0.921. The van der Waals surface area contributed by atoms with Crippen LogP contribution in [0.4, 0.5) is 0 Å². The molecule has 2 N–H and O–H groups in total. The van der Waals surface area contributed by atoms with E-state index in [1.807, 2.05) is 0 Å². The zero-order valence-corrected chi connectivity index (χ0v) is 17.4. The van der Waals surface area contributed by atoms with Crippen LogP contribution in [-0.2, 0) is 20.9 Å². The number of hydrogen-bond acceptors (Lipinski definition) is 4. The molecule has 0 spiro atoms. The summed E-state index contributed by atoms with van der Waals surface area (Å²) in [6.45, 7) is 5.16. The molecule has 28 heavy (non-hydrogen) atoms. The van der Waals surface area contributed by atoms with Crippen LogP contribution in [0.2, 0.25) is 0 Å². The van der Waals surface area contributed by atoms with Crippen LogP contribution >= 0.6 is 15.9 Å². The molecule has 2 aliphatic rings. The van der Waals surface area contributed by atoms with Crippen molar-refractivity contribution >= 4 is 33.8 Å². The highest BCUT2D eigenvalue weighted by Gasteiger charge is 2.32. The molecule has 0 bridgehead atoms. The largest absolute Gasteiger partial charge is 0.539 e. The van der Waals surface area contributed by atoms with E-state index >= 15 is 0 Å². The average molecular weight is 455 g/mol. The van der Waals surface area contributed by atoms with Gasteiger partial charge in [0, 0.05) is 23.1 Å². The first kappa shape index (κ1) is 22.4. The lowest BCUT2D eigenvalue weighted by atomic mass is 9.95. The second-order valence-corrected chi connectivity index (χ2v) is 8.14. The Labute approximate surface area is 173 Å². The highest BCUT2D eigenvalue weighted by atomic mass is 79.9. The Morgan fingerprint density at radius 3 is 2.39 bits per heavy atom. The number of halogens is 1. The monoisotopic (exact) mass is 454 g/mol. The predicted octanol–water partition coefficient (Wildman–Crippen LogP) is 0.0774. The third-order valence-electron chi connectivity index (χ3n) is 5.21. The first-order valence-corrected chi connectivity index (χ1v) is 10.5. The fraction of sp³-hybridized carbons (Fsp3) is 0.550. The van der Waals surface area contributed by atoms with Crippen LogP contribution in [0.3, 0.4) is 0 Å². The van der Waals surface area contributed by atoms with Gasteiger partial charge in [0.15, 0.2) is 5.97 Å². The number of likely N-dealkylation sites (tertiary alicyclic amines) is 2. The molecule has 3 rings (SSSR count). The number of rotatable bonds is 3. The van der Waals surface area contributed by atoms with E-state index in [2.05, 4.69) is 45.1 Å². The number of hydrogen-bond donors (Lipinski definition) is 2. The van der Waals surface area contributed by atoms with Gasteiger partial charge in [-0.2, -0.15) is 0 Å². The first-order chi connectivity index (χ1) is 13.4. The number of carbonyl (C=O) groups is 3. The van der Waals surface area contributed by atoms with Crippen molar-refractivity contribution in [3.63, 3.8) is 0 Å². The standard InChI is InChI=1S/C18H25BrN2O.C2H2O4/c19-17-9-3-2-7-15(17)13-20-10-6-8-16(14-20)18(22)21-11-4-1-5-12-21;3-1(4)2(5)6/h2-3,7,9,16H,1,4-6,8,10-14H2;(H,3,4)(H,5,6). The van der Waals surface area contributed by atoms with E-state index in [1.165, 1.54) is 42.3 Å². The summed E-state index contributed by atoms with van der Waals surface area (Å²) in [6.07, 6.45) is 5.91. The van der Waals surface area contributed by atoms with Crippen LogP contribution in [-0.4, -0.2) is 54.0 Å². The molecule has 2 aliphatic heterocycles. The number of amides is 1. The second kappa shape index (κ2) is 11.2. The van der Waals surface area contributed by atoms with Crippen molar-refractivity contribution in [3.05, 3.63) is 34.3 Å². The van der Waals surface area contributed by atoms with E-state index in [4.69, 9.17) is 19.8 Å². The van der Waals surface area contributed by atoms with E-state index in [0.717, 1.165) is 32.6 Å². The van der Waals surface area contributed by atoms with Crippen LogP contribution in [0, 0.1) is 5.92 Å². The van der Waals surface area contributed by atoms with Crippen LogP contribution in [0.25, 0.3) is 0 Å². The van der Waals surface area contributed by atoms with Crippen LogP contribution < -0.4 is 10.0 Å². The molecule has 2 heterocycles. The van der Waals surface area contributed by atoms with Gasteiger partial charge in [-0.1, -0.05) is 34.1 Å².